The molecule has 1 unspecified atom stereocenters. The molecule has 4 aromatic rings. The molecule has 1 saturated heterocycles. The second kappa shape index (κ2) is 13.4. The Hall–Kier alpha value is -4.54. The van der Waals surface area contributed by atoms with Crippen molar-refractivity contribution in [2.24, 2.45) is 7.05 Å². The third-order valence-electron chi connectivity index (χ3n) is 9.25. The highest BCUT2D eigenvalue weighted by molar-refractivity contribution is 6.03. The number of amides is 2. The molecule has 0 aliphatic carbocycles. The first-order valence-corrected chi connectivity index (χ1v) is 16.1. The fourth-order valence-corrected chi connectivity index (χ4v) is 6.71. The topological polar surface area (TPSA) is 113 Å². The molecule has 240 valence electrons. The van der Waals surface area contributed by atoms with E-state index in [2.05, 4.69) is 72.1 Å². The van der Waals surface area contributed by atoms with Gasteiger partial charge in [0.05, 0.1) is 18.5 Å². The van der Waals surface area contributed by atoms with Gasteiger partial charge < -0.3 is 30.2 Å². The Morgan fingerprint density at radius 3 is 2.59 bits per heavy atom. The van der Waals surface area contributed by atoms with E-state index in [-0.39, 0.29) is 17.9 Å². The van der Waals surface area contributed by atoms with Gasteiger partial charge in [-0.3, -0.25) is 9.59 Å². The molecule has 1 atom stereocenters. The summed E-state index contributed by atoms with van der Waals surface area (Å²) in [6.07, 6.45) is 3.13. The predicted octanol–water partition coefficient (Wildman–Crippen LogP) is 4.64. The number of benzene rings is 2. The Labute approximate surface area is 270 Å². The van der Waals surface area contributed by atoms with Crippen LogP contribution in [0.25, 0.3) is 22.4 Å². The molecule has 10 heteroatoms. The molecule has 3 N–H and O–H groups in total. The number of hydrogen-bond acceptors (Lipinski definition) is 7. The number of pyridine rings is 1. The minimum Gasteiger partial charge on any atom is -0.481 e. The Balaban J connectivity index is 1.25. The number of nitrogens with zero attached hydrogens (tertiary/aromatic N) is 4. The Morgan fingerprint density at radius 2 is 1.83 bits per heavy atom. The number of anilines is 1. The number of aromatic nitrogens is 3. The quantitative estimate of drug-likeness (QED) is 0.237. The lowest BCUT2D eigenvalue weighted by Crippen LogP contribution is -2.35. The van der Waals surface area contributed by atoms with Gasteiger partial charge in [0.15, 0.2) is 5.82 Å². The number of methoxy groups -OCH3 is 1. The molecule has 2 aromatic heterocycles. The van der Waals surface area contributed by atoms with Crippen molar-refractivity contribution in [3.63, 3.8) is 0 Å². The molecule has 0 radical (unpaired) electrons. The molecule has 0 spiro atoms. The van der Waals surface area contributed by atoms with Crippen LogP contribution in [-0.2, 0) is 37.8 Å². The standard InChI is InChI=1S/C36H43N7O3/c1-6-25-27(10-7-11-28(25)30-15-13-23(36(41-30)46-5)19-37-20-24-14-16-33(44)38-24)26-9-8-12-29(22(26)2)40-35(45)34-39-31-21-42(3)18-17-32(31)43(34)4/h7-13,15,24,37H,6,14,16-21H2,1-5H3,(H,38,44)(H,40,45). The number of carbonyl (C=O) groups is 2. The molecule has 46 heavy (non-hydrogen) atoms. The van der Waals surface area contributed by atoms with Crippen LogP contribution < -0.4 is 20.7 Å². The van der Waals surface area contributed by atoms with Crippen LogP contribution in [0.2, 0.25) is 0 Å². The number of hydrogen-bond donors (Lipinski definition) is 3. The number of carbonyl (C=O) groups excluding carboxylic acids is 2. The molecular formula is C36H43N7O3. The van der Waals surface area contributed by atoms with Gasteiger partial charge in [-0.15, -0.1) is 0 Å². The van der Waals surface area contributed by atoms with Crippen LogP contribution in [-0.4, -0.2) is 64.5 Å². The largest absolute Gasteiger partial charge is 0.481 e. The van der Waals surface area contributed by atoms with Crippen molar-refractivity contribution in [3.05, 3.63) is 82.4 Å². The van der Waals surface area contributed by atoms with Gasteiger partial charge in [-0.05, 0) is 61.2 Å². The average molecular weight is 622 g/mol. The minimum atomic E-state index is -0.205. The summed E-state index contributed by atoms with van der Waals surface area (Å²) in [6.45, 7) is 7.22. The van der Waals surface area contributed by atoms with E-state index >= 15 is 0 Å². The van der Waals surface area contributed by atoms with Gasteiger partial charge in [0.25, 0.3) is 5.91 Å². The van der Waals surface area contributed by atoms with Crippen molar-refractivity contribution >= 4 is 17.5 Å². The summed E-state index contributed by atoms with van der Waals surface area (Å²) >= 11 is 0. The van der Waals surface area contributed by atoms with E-state index in [0.717, 1.165) is 82.9 Å². The van der Waals surface area contributed by atoms with Crippen LogP contribution >= 0.6 is 0 Å². The first-order chi connectivity index (χ1) is 22.3. The summed E-state index contributed by atoms with van der Waals surface area (Å²) in [7, 11) is 5.65. The van der Waals surface area contributed by atoms with Crippen LogP contribution in [0.3, 0.4) is 0 Å². The Kier molecular flexibility index (Phi) is 9.19. The zero-order valence-corrected chi connectivity index (χ0v) is 27.4. The van der Waals surface area contributed by atoms with Gasteiger partial charge in [-0.25, -0.2) is 9.97 Å². The summed E-state index contributed by atoms with van der Waals surface area (Å²) < 4.78 is 7.65. The number of imidazole rings is 1. The van der Waals surface area contributed by atoms with Crippen molar-refractivity contribution < 1.29 is 14.3 Å². The second-order valence-electron chi connectivity index (χ2n) is 12.3. The zero-order valence-electron chi connectivity index (χ0n) is 27.4. The van der Waals surface area contributed by atoms with Crippen LogP contribution in [0.15, 0.2) is 48.5 Å². The van der Waals surface area contributed by atoms with E-state index in [0.29, 0.717) is 31.2 Å². The van der Waals surface area contributed by atoms with Gasteiger partial charge in [0.1, 0.15) is 0 Å². The van der Waals surface area contributed by atoms with Crippen LogP contribution in [0, 0.1) is 6.92 Å². The minimum absolute atomic E-state index is 0.117. The third kappa shape index (κ3) is 6.27. The Bertz CT molecular complexity index is 1780. The van der Waals surface area contributed by atoms with E-state index < -0.39 is 0 Å². The fourth-order valence-electron chi connectivity index (χ4n) is 6.71. The lowest BCUT2D eigenvalue weighted by molar-refractivity contribution is -0.119. The maximum Gasteiger partial charge on any atom is 0.291 e. The summed E-state index contributed by atoms with van der Waals surface area (Å²) in [6, 6.07) is 16.6. The summed E-state index contributed by atoms with van der Waals surface area (Å²) in [5.74, 6) is 0.928. The molecule has 2 aromatic carbocycles. The smallest absolute Gasteiger partial charge is 0.291 e. The van der Waals surface area contributed by atoms with E-state index in [1.807, 2.05) is 29.8 Å². The van der Waals surface area contributed by atoms with Crippen molar-refractivity contribution in [3.8, 4) is 28.3 Å². The third-order valence-corrected chi connectivity index (χ3v) is 9.25. The number of likely N-dealkylation sites (N-methyl/N-ethyl adjacent to an activating group) is 1. The summed E-state index contributed by atoms with van der Waals surface area (Å²) in [4.78, 5) is 36.9. The predicted molar refractivity (Wildman–Crippen MR) is 180 cm³/mol. The van der Waals surface area contributed by atoms with Crippen molar-refractivity contribution in [2.45, 2.75) is 58.7 Å². The van der Waals surface area contributed by atoms with E-state index in [4.69, 9.17) is 14.7 Å². The van der Waals surface area contributed by atoms with Crippen molar-refractivity contribution in [1.82, 2.24) is 30.1 Å². The summed E-state index contributed by atoms with van der Waals surface area (Å²) in [5, 5.41) is 9.57. The number of rotatable bonds is 10. The maximum absolute atomic E-state index is 13.5. The van der Waals surface area contributed by atoms with E-state index in [1.165, 1.54) is 5.56 Å². The second-order valence-corrected chi connectivity index (χ2v) is 12.3. The number of nitrogens with one attached hydrogen (secondary N) is 3. The first-order valence-electron chi connectivity index (χ1n) is 16.1. The maximum atomic E-state index is 13.5. The van der Waals surface area contributed by atoms with E-state index in [1.54, 1.807) is 7.11 Å². The van der Waals surface area contributed by atoms with Gasteiger partial charge >= 0.3 is 0 Å². The molecule has 1 fully saturated rings. The van der Waals surface area contributed by atoms with Gasteiger partial charge in [-0.2, -0.15) is 0 Å². The van der Waals surface area contributed by atoms with Crippen LogP contribution in [0.5, 0.6) is 5.88 Å². The van der Waals surface area contributed by atoms with Crippen LogP contribution in [0.4, 0.5) is 5.69 Å². The molecule has 0 bridgehead atoms. The molecule has 2 aliphatic heterocycles. The molecule has 2 aliphatic rings. The monoisotopic (exact) mass is 621 g/mol. The molecule has 2 amide bonds. The Morgan fingerprint density at radius 1 is 1.04 bits per heavy atom. The highest BCUT2D eigenvalue weighted by Crippen LogP contribution is 2.37. The molecule has 6 rings (SSSR count). The van der Waals surface area contributed by atoms with E-state index in [9.17, 15) is 9.59 Å². The lowest BCUT2D eigenvalue weighted by Gasteiger charge is -2.21. The number of ether oxygens (including phenoxy) is 1. The lowest BCUT2D eigenvalue weighted by atomic mass is 9.89. The summed E-state index contributed by atoms with van der Waals surface area (Å²) in [5.41, 5.74) is 10.1. The first kappa shape index (κ1) is 31.4. The van der Waals surface area contributed by atoms with Crippen LogP contribution in [0.1, 0.15) is 58.5 Å². The number of fused-ring (bicyclic) bond motifs is 1. The molecular weight excluding hydrogens is 578 g/mol. The zero-order chi connectivity index (χ0) is 32.4. The average Bonchev–Trinajstić information content (AvgIpc) is 3.63. The fraction of sp³-hybridized carbons (Fsp3) is 0.389. The molecule has 0 saturated carbocycles. The van der Waals surface area contributed by atoms with Crippen molar-refractivity contribution in [2.75, 3.05) is 32.6 Å². The normalized spacial score (nSPS) is 16.3. The SMILES string of the molecule is CCc1c(-c2ccc(CNCC3CCC(=O)N3)c(OC)n2)cccc1-c1cccc(NC(=O)c2nc3c(n2C)CCN(C)C3)c1C. The molecule has 10 nitrogen and oxygen atoms in total. The van der Waals surface area contributed by atoms with Crippen molar-refractivity contribution in [1.29, 1.82) is 0 Å². The van der Waals surface area contributed by atoms with Gasteiger partial charge in [-0.1, -0.05) is 43.3 Å². The van der Waals surface area contributed by atoms with Gasteiger partial charge in [0.2, 0.25) is 11.8 Å². The highest BCUT2D eigenvalue weighted by atomic mass is 16.5. The van der Waals surface area contributed by atoms with Gasteiger partial charge in [0, 0.05) is 74.6 Å². The molecule has 4 heterocycles. The highest BCUT2D eigenvalue weighted by Gasteiger charge is 2.25.